The highest BCUT2D eigenvalue weighted by Crippen LogP contribution is 2.43. The molecule has 0 aliphatic carbocycles. The topological polar surface area (TPSA) is 6.48 Å². The van der Waals surface area contributed by atoms with Crippen molar-refractivity contribution in [1.29, 1.82) is 0 Å². The third kappa shape index (κ3) is 7.23. The Morgan fingerprint density at radius 1 is 0.233 bits per heavy atom. The molecule has 10 aromatic rings. The van der Waals surface area contributed by atoms with Gasteiger partial charge >= 0.3 is 0 Å². The van der Waals surface area contributed by atoms with Gasteiger partial charge in [-0.05, 0) is 105 Å². The fraction of sp³-hybridized carbons (Fsp3) is 0. The number of benzene rings is 10. The summed E-state index contributed by atoms with van der Waals surface area (Å²) in [5, 5.41) is 4.87. The van der Waals surface area contributed by atoms with Crippen LogP contribution in [-0.4, -0.2) is 0 Å². The number of anilines is 6. The Kier molecular flexibility index (Phi) is 10.0. The van der Waals surface area contributed by atoms with Crippen LogP contribution >= 0.6 is 0 Å². The molecule has 60 heavy (non-hydrogen) atoms. The maximum absolute atomic E-state index is 2.36. The van der Waals surface area contributed by atoms with Crippen molar-refractivity contribution < 1.29 is 0 Å². The summed E-state index contributed by atoms with van der Waals surface area (Å²) in [7, 11) is 0. The summed E-state index contributed by atoms with van der Waals surface area (Å²) in [6, 6.07) is 86.8. The van der Waals surface area contributed by atoms with Gasteiger partial charge in [0.15, 0.2) is 0 Å². The molecule has 2 nitrogen and oxygen atoms in total. The van der Waals surface area contributed by atoms with E-state index in [1.54, 1.807) is 0 Å². The van der Waals surface area contributed by atoms with E-state index in [-0.39, 0.29) is 0 Å². The van der Waals surface area contributed by atoms with Gasteiger partial charge in [-0.2, -0.15) is 0 Å². The molecule has 0 amide bonds. The molecule has 284 valence electrons. The second kappa shape index (κ2) is 16.5. The zero-order valence-corrected chi connectivity index (χ0v) is 33.1. The quantitative estimate of drug-likeness (QED) is 0.128. The lowest BCUT2D eigenvalue weighted by Gasteiger charge is -2.27. The van der Waals surface area contributed by atoms with Crippen molar-refractivity contribution in [3.05, 3.63) is 254 Å². The number of hydrogen-bond donors (Lipinski definition) is 0. The van der Waals surface area contributed by atoms with Gasteiger partial charge in [0.2, 0.25) is 0 Å². The average Bonchev–Trinajstić information content (AvgIpc) is 3.33. The number of fused-ring (bicyclic) bond motifs is 2. The first-order valence-electron chi connectivity index (χ1n) is 20.5. The van der Waals surface area contributed by atoms with Crippen LogP contribution in [0.15, 0.2) is 243 Å². The van der Waals surface area contributed by atoms with E-state index in [9.17, 15) is 0 Å². The third-order valence-electron chi connectivity index (χ3n) is 11.3. The van der Waals surface area contributed by atoms with Gasteiger partial charge in [-0.1, -0.05) is 194 Å². The molecule has 0 aromatic heterocycles. The molecule has 0 radical (unpaired) electrons. The van der Waals surface area contributed by atoms with Crippen LogP contribution in [0.25, 0.3) is 56.0 Å². The van der Waals surface area contributed by atoms with Gasteiger partial charge in [0.1, 0.15) is 0 Å². The summed E-state index contributed by atoms with van der Waals surface area (Å²) in [5.74, 6) is 0. The van der Waals surface area contributed by atoms with E-state index in [4.69, 9.17) is 0 Å². The van der Waals surface area contributed by atoms with Crippen molar-refractivity contribution in [3.63, 3.8) is 0 Å². The van der Waals surface area contributed by atoms with Crippen LogP contribution in [0.4, 0.5) is 34.1 Å². The Hall–Kier alpha value is -7.94. The number of nitrogens with zero attached hydrogens (tertiary/aromatic N) is 2. The van der Waals surface area contributed by atoms with Gasteiger partial charge in [-0.3, -0.25) is 0 Å². The zero-order valence-electron chi connectivity index (χ0n) is 33.1. The van der Waals surface area contributed by atoms with E-state index >= 15 is 0 Å². The van der Waals surface area contributed by atoms with Crippen LogP contribution in [0.1, 0.15) is 11.1 Å². The van der Waals surface area contributed by atoms with Gasteiger partial charge in [-0.15, -0.1) is 0 Å². The summed E-state index contributed by atoms with van der Waals surface area (Å²) < 4.78 is 0. The first-order chi connectivity index (χ1) is 29.8. The second-order valence-corrected chi connectivity index (χ2v) is 14.9. The molecule has 0 aliphatic heterocycles. The smallest absolute Gasteiger partial charge is 0.0540 e. The Bertz CT molecular complexity index is 2840. The fourth-order valence-electron chi connectivity index (χ4n) is 8.37. The van der Waals surface area contributed by atoms with Gasteiger partial charge < -0.3 is 9.80 Å². The van der Waals surface area contributed by atoms with Crippen molar-refractivity contribution in [2.24, 2.45) is 0 Å². The molecule has 10 aromatic carbocycles. The van der Waals surface area contributed by atoms with Crippen molar-refractivity contribution in [2.45, 2.75) is 0 Å². The lowest BCUT2D eigenvalue weighted by atomic mass is 9.96. The van der Waals surface area contributed by atoms with E-state index in [0.717, 1.165) is 45.3 Å². The van der Waals surface area contributed by atoms with Crippen LogP contribution in [0, 0.1) is 0 Å². The highest BCUT2D eigenvalue weighted by Gasteiger charge is 2.19. The van der Waals surface area contributed by atoms with Crippen LogP contribution in [0.5, 0.6) is 0 Å². The van der Waals surface area contributed by atoms with Crippen LogP contribution in [0.3, 0.4) is 0 Å². The van der Waals surface area contributed by atoms with Crippen LogP contribution in [-0.2, 0) is 0 Å². The monoisotopic (exact) mass is 766 g/mol. The van der Waals surface area contributed by atoms with Crippen LogP contribution < -0.4 is 9.80 Å². The average molecular weight is 767 g/mol. The first-order valence-corrected chi connectivity index (χ1v) is 20.5. The molecular weight excluding hydrogens is 725 g/mol. The molecule has 0 aliphatic rings. The van der Waals surface area contributed by atoms with Crippen LogP contribution in [0.2, 0.25) is 0 Å². The van der Waals surface area contributed by atoms with E-state index in [2.05, 4.69) is 265 Å². The summed E-state index contributed by atoms with van der Waals surface area (Å²) in [6.45, 7) is 0. The molecule has 0 bridgehead atoms. The minimum Gasteiger partial charge on any atom is -0.310 e. The summed E-state index contributed by atoms with van der Waals surface area (Å²) in [5.41, 5.74) is 13.9. The summed E-state index contributed by atoms with van der Waals surface area (Å²) in [6.07, 6.45) is 4.39. The normalized spacial score (nSPS) is 11.3. The van der Waals surface area contributed by atoms with E-state index in [0.29, 0.717) is 0 Å². The lowest BCUT2D eigenvalue weighted by molar-refractivity contribution is 1.29. The summed E-state index contributed by atoms with van der Waals surface area (Å²) >= 11 is 0. The molecule has 0 atom stereocenters. The maximum atomic E-state index is 2.36. The predicted octanol–water partition coefficient (Wildman–Crippen LogP) is 16.4. The lowest BCUT2D eigenvalue weighted by Crippen LogP contribution is -2.10. The van der Waals surface area contributed by atoms with Gasteiger partial charge in [-0.25, -0.2) is 0 Å². The van der Waals surface area contributed by atoms with Gasteiger partial charge in [0.05, 0.1) is 11.4 Å². The standard InChI is InChI=1S/C58H42N2/c1-5-17-45(18-6-1)51-39-41-57(55-27-15-13-25-53(51)55)59(47-21-9-3-10-22-47)49-35-31-43(32-36-49)29-30-44-33-37-50(38-34-44)60(48-23-11-4-12-24-48)58-42-40-52(46-19-7-2-8-20-46)54-26-14-16-28-56(54)58/h1-42H/b30-29+. The molecule has 0 heterocycles. The van der Waals surface area contributed by atoms with E-state index < -0.39 is 0 Å². The first kappa shape index (κ1) is 36.4. The SMILES string of the molecule is C(=C\c1ccc(N(c2ccccc2)c2ccc(-c3ccccc3)c3ccccc23)cc1)/c1ccc(N(c2ccccc2)c2ccc(-c3ccccc3)c3ccccc23)cc1. The molecule has 0 unspecified atom stereocenters. The highest BCUT2D eigenvalue weighted by atomic mass is 15.1. The molecule has 10 rings (SSSR count). The number of rotatable bonds is 10. The zero-order chi connectivity index (χ0) is 40.1. The Morgan fingerprint density at radius 2 is 0.533 bits per heavy atom. The summed E-state index contributed by atoms with van der Waals surface area (Å²) in [4.78, 5) is 4.72. The number of para-hydroxylation sites is 2. The van der Waals surface area contributed by atoms with Crippen molar-refractivity contribution in [1.82, 2.24) is 0 Å². The Balaban J connectivity index is 0.954. The van der Waals surface area contributed by atoms with Crippen molar-refractivity contribution in [3.8, 4) is 22.3 Å². The minimum absolute atomic E-state index is 1.10. The molecule has 0 saturated carbocycles. The van der Waals surface area contributed by atoms with Crippen molar-refractivity contribution in [2.75, 3.05) is 9.80 Å². The Morgan fingerprint density at radius 3 is 0.900 bits per heavy atom. The Labute approximate surface area is 352 Å². The fourth-order valence-corrected chi connectivity index (χ4v) is 8.37. The molecule has 0 fully saturated rings. The molecule has 0 spiro atoms. The predicted molar refractivity (Wildman–Crippen MR) is 257 cm³/mol. The minimum atomic E-state index is 1.10. The van der Waals surface area contributed by atoms with Crippen molar-refractivity contribution >= 4 is 67.8 Å². The van der Waals surface area contributed by atoms with E-state index in [1.165, 1.54) is 43.8 Å². The van der Waals surface area contributed by atoms with Gasteiger partial charge in [0, 0.05) is 33.5 Å². The highest BCUT2D eigenvalue weighted by molar-refractivity contribution is 6.07. The molecule has 0 saturated heterocycles. The largest absolute Gasteiger partial charge is 0.310 e. The van der Waals surface area contributed by atoms with E-state index in [1.807, 2.05) is 0 Å². The second-order valence-electron chi connectivity index (χ2n) is 14.9. The molecule has 2 heteroatoms. The maximum Gasteiger partial charge on any atom is 0.0540 e. The third-order valence-corrected chi connectivity index (χ3v) is 11.3. The number of hydrogen-bond acceptors (Lipinski definition) is 2. The molecular formula is C58H42N2. The molecule has 0 N–H and O–H groups in total. The van der Waals surface area contributed by atoms with Gasteiger partial charge in [0.25, 0.3) is 0 Å².